The van der Waals surface area contributed by atoms with E-state index in [1.807, 2.05) is 24.3 Å². The van der Waals surface area contributed by atoms with Gasteiger partial charge in [-0.3, -0.25) is 0 Å². The molecule has 1 atom stereocenters. The number of anilines is 2. The van der Waals surface area contributed by atoms with Gasteiger partial charge in [0.05, 0.1) is 5.54 Å². The van der Waals surface area contributed by atoms with E-state index in [4.69, 9.17) is 5.73 Å². The summed E-state index contributed by atoms with van der Waals surface area (Å²) in [5, 5.41) is 3.67. The summed E-state index contributed by atoms with van der Waals surface area (Å²) in [4.78, 5) is 0. The van der Waals surface area contributed by atoms with Crippen LogP contribution in [0, 0.1) is 5.92 Å². The molecule has 20 heavy (non-hydrogen) atoms. The summed E-state index contributed by atoms with van der Waals surface area (Å²) in [5.74, 6) is 0.612. The molecule has 0 bridgehead atoms. The van der Waals surface area contributed by atoms with Crippen LogP contribution in [0.4, 0.5) is 11.4 Å². The molecule has 2 heteroatoms. The van der Waals surface area contributed by atoms with Gasteiger partial charge in [0, 0.05) is 11.4 Å². The van der Waals surface area contributed by atoms with E-state index >= 15 is 0 Å². The predicted octanol–water partition coefficient (Wildman–Crippen LogP) is 4.64. The second-order valence-electron chi connectivity index (χ2n) is 6.04. The summed E-state index contributed by atoms with van der Waals surface area (Å²) in [5.41, 5.74) is 8.88. The molecule has 0 heterocycles. The first kappa shape index (κ1) is 14.4. The van der Waals surface area contributed by atoms with Crippen molar-refractivity contribution in [2.75, 3.05) is 11.1 Å². The van der Waals surface area contributed by atoms with Crippen molar-refractivity contribution in [1.29, 1.82) is 0 Å². The lowest BCUT2D eigenvalue weighted by atomic mass is 9.84. The summed E-state index contributed by atoms with van der Waals surface area (Å²) < 4.78 is 0. The van der Waals surface area contributed by atoms with Crippen LogP contribution in [-0.2, 0) is 5.54 Å². The number of hydrogen-bond donors (Lipinski definition) is 2. The van der Waals surface area contributed by atoms with Crippen LogP contribution in [-0.4, -0.2) is 0 Å². The molecule has 0 saturated carbocycles. The Hall–Kier alpha value is -1.96. The Morgan fingerprint density at radius 1 is 1.00 bits per heavy atom. The average molecular weight is 268 g/mol. The van der Waals surface area contributed by atoms with Crippen molar-refractivity contribution >= 4 is 11.4 Å². The molecule has 0 aliphatic rings. The zero-order chi connectivity index (χ0) is 14.6. The van der Waals surface area contributed by atoms with E-state index in [0.29, 0.717) is 5.92 Å². The lowest BCUT2D eigenvalue weighted by Gasteiger charge is -2.34. The van der Waals surface area contributed by atoms with Gasteiger partial charge in [-0.05, 0) is 49.1 Å². The van der Waals surface area contributed by atoms with Gasteiger partial charge in [0.25, 0.3) is 0 Å². The Labute approximate surface area is 122 Å². The van der Waals surface area contributed by atoms with Crippen LogP contribution >= 0.6 is 0 Å². The lowest BCUT2D eigenvalue weighted by molar-refractivity contribution is 0.411. The molecule has 2 rings (SSSR count). The molecular formula is C18H24N2. The van der Waals surface area contributed by atoms with Crippen LogP contribution in [0.15, 0.2) is 54.6 Å². The van der Waals surface area contributed by atoms with Crippen molar-refractivity contribution in [2.24, 2.45) is 5.92 Å². The Morgan fingerprint density at radius 2 is 1.60 bits per heavy atom. The van der Waals surface area contributed by atoms with Gasteiger partial charge in [0.1, 0.15) is 0 Å². The molecule has 0 amide bonds. The van der Waals surface area contributed by atoms with Crippen molar-refractivity contribution in [1.82, 2.24) is 0 Å². The molecule has 0 aliphatic carbocycles. The normalized spacial score (nSPS) is 14.0. The molecule has 106 valence electrons. The number of nitrogens with two attached hydrogens (primary N) is 1. The average Bonchev–Trinajstić information content (AvgIpc) is 2.42. The van der Waals surface area contributed by atoms with Crippen molar-refractivity contribution < 1.29 is 0 Å². The van der Waals surface area contributed by atoms with Gasteiger partial charge in [0.2, 0.25) is 0 Å². The van der Waals surface area contributed by atoms with Crippen LogP contribution in [0.5, 0.6) is 0 Å². The summed E-state index contributed by atoms with van der Waals surface area (Å²) in [6.07, 6.45) is 1.07. The first-order valence-corrected chi connectivity index (χ1v) is 7.19. The van der Waals surface area contributed by atoms with Crippen molar-refractivity contribution in [2.45, 2.75) is 32.7 Å². The standard InChI is InChI=1S/C18H24N2/c1-14(2)13-18(3,15-7-5-4-6-8-15)20-17-11-9-16(19)10-12-17/h4-12,14,20H,13,19H2,1-3H3. The fourth-order valence-corrected chi connectivity index (χ4v) is 2.75. The number of nitrogens with one attached hydrogen (secondary N) is 1. The minimum Gasteiger partial charge on any atom is -0.399 e. The second-order valence-corrected chi connectivity index (χ2v) is 6.04. The smallest absolute Gasteiger partial charge is 0.0599 e. The molecule has 0 spiro atoms. The minimum atomic E-state index is -0.0778. The van der Waals surface area contributed by atoms with Gasteiger partial charge in [-0.15, -0.1) is 0 Å². The van der Waals surface area contributed by atoms with Gasteiger partial charge in [-0.25, -0.2) is 0 Å². The number of hydrogen-bond acceptors (Lipinski definition) is 2. The van der Waals surface area contributed by atoms with E-state index in [1.54, 1.807) is 0 Å². The maximum atomic E-state index is 5.75. The zero-order valence-corrected chi connectivity index (χ0v) is 12.6. The zero-order valence-electron chi connectivity index (χ0n) is 12.6. The third-order valence-corrected chi connectivity index (χ3v) is 3.56. The van der Waals surface area contributed by atoms with E-state index in [0.717, 1.165) is 17.8 Å². The highest BCUT2D eigenvalue weighted by Crippen LogP contribution is 2.32. The highest BCUT2D eigenvalue weighted by atomic mass is 15.0. The molecule has 0 aliphatic heterocycles. The SMILES string of the molecule is CC(C)CC(C)(Nc1ccc(N)cc1)c1ccccc1. The monoisotopic (exact) mass is 268 g/mol. The molecule has 0 fully saturated rings. The molecule has 2 aromatic rings. The summed E-state index contributed by atoms with van der Waals surface area (Å²) in [6.45, 7) is 6.77. The maximum Gasteiger partial charge on any atom is 0.0599 e. The third kappa shape index (κ3) is 3.53. The van der Waals surface area contributed by atoms with Crippen LogP contribution in [0.3, 0.4) is 0 Å². The Balaban J connectivity index is 2.30. The van der Waals surface area contributed by atoms with E-state index in [-0.39, 0.29) is 5.54 Å². The van der Waals surface area contributed by atoms with E-state index in [9.17, 15) is 0 Å². The van der Waals surface area contributed by atoms with Gasteiger partial charge in [-0.2, -0.15) is 0 Å². The van der Waals surface area contributed by atoms with Gasteiger partial charge < -0.3 is 11.1 Å². The van der Waals surface area contributed by atoms with Crippen molar-refractivity contribution in [3.63, 3.8) is 0 Å². The van der Waals surface area contributed by atoms with Gasteiger partial charge >= 0.3 is 0 Å². The fourth-order valence-electron chi connectivity index (χ4n) is 2.75. The summed E-state index contributed by atoms with van der Waals surface area (Å²) in [6, 6.07) is 18.6. The number of rotatable bonds is 5. The highest BCUT2D eigenvalue weighted by Gasteiger charge is 2.27. The van der Waals surface area contributed by atoms with Gasteiger partial charge in [-0.1, -0.05) is 44.2 Å². The molecule has 0 aromatic heterocycles. The summed E-state index contributed by atoms with van der Waals surface area (Å²) >= 11 is 0. The number of nitrogen functional groups attached to an aromatic ring is 1. The Kier molecular flexibility index (Phi) is 4.33. The fraction of sp³-hybridized carbons (Fsp3) is 0.333. The minimum absolute atomic E-state index is 0.0778. The third-order valence-electron chi connectivity index (χ3n) is 3.56. The topological polar surface area (TPSA) is 38.0 Å². The largest absolute Gasteiger partial charge is 0.399 e. The number of benzene rings is 2. The van der Waals surface area contributed by atoms with Crippen LogP contribution in [0.2, 0.25) is 0 Å². The Morgan fingerprint density at radius 3 is 2.15 bits per heavy atom. The van der Waals surface area contributed by atoms with Crippen LogP contribution < -0.4 is 11.1 Å². The quantitative estimate of drug-likeness (QED) is 0.775. The molecule has 1 unspecified atom stereocenters. The van der Waals surface area contributed by atoms with Crippen molar-refractivity contribution in [3.8, 4) is 0 Å². The van der Waals surface area contributed by atoms with Crippen molar-refractivity contribution in [3.05, 3.63) is 60.2 Å². The molecule has 0 saturated heterocycles. The van der Waals surface area contributed by atoms with E-state index < -0.39 is 0 Å². The predicted molar refractivity (Wildman–Crippen MR) is 87.7 cm³/mol. The molecular weight excluding hydrogens is 244 g/mol. The summed E-state index contributed by atoms with van der Waals surface area (Å²) in [7, 11) is 0. The molecule has 0 radical (unpaired) electrons. The van der Waals surface area contributed by atoms with Crippen LogP contribution in [0.1, 0.15) is 32.8 Å². The Bertz CT molecular complexity index is 531. The van der Waals surface area contributed by atoms with E-state index in [2.05, 4.69) is 56.4 Å². The molecule has 2 nitrogen and oxygen atoms in total. The maximum absolute atomic E-state index is 5.75. The lowest BCUT2D eigenvalue weighted by Crippen LogP contribution is -2.33. The first-order chi connectivity index (χ1) is 9.49. The van der Waals surface area contributed by atoms with E-state index in [1.165, 1.54) is 5.56 Å². The first-order valence-electron chi connectivity index (χ1n) is 7.19. The molecule has 3 N–H and O–H groups in total. The molecule has 2 aromatic carbocycles. The van der Waals surface area contributed by atoms with Crippen LogP contribution in [0.25, 0.3) is 0 Å². The second kappa shape index (κ2) is 6.00. The van der Waals surface area contributed by atoms with Gasteiger partial charge in [0.15, 0.2) is 0 Å². The highest BCUT2D eigenvalue weighted by molar-refractivity contribution is 5.53.